The molecule has 0 aromatic carbocycles. The first-order valence-corrected chi connectivity index (χ1v) is 7.08. The van der Waals surface area contributed by atoms with E-state index >= 15 is 0 Å². The molecule has 0 saturated carbocycles. The summed E-state index contributed by atoms with van der Waals surface area (Å²) < 4.78 is 0. The molecule has 2 saturated heterocycles. The molecule has 2 fully saturated rings. The molecule has 0 aromatic heterocycles. The van der Waals surface area contributed by atoms with Crippen LogP contribution in [-0.2, 0) is 4.79 Å². The molecule has 0 aliphatic carbocycles. The first kappa shape index (κ1) is 12.9. The summed E-state index contributed by atoms with van der Waals surface area (Å²) in [6, 6.07) is 0.594. The quantitative estimate of drug-likeness (QED) is 0.817. The van der Waals surface area contributed by atoms with Crippen molar-refractivity contribution in [1.29, 1.82) is 0 Å². The molecule has 2 rings (SSSR count). The summed E-state index contributed by atoms with van der Waals surface area (Å²) in [6.45, 7) is 7.59. The lowest BCUT2D eigenvalue weighted by Crippen LogP contribution is -2.43. The Bertz CT molecular complexity index is 269. The van der Waals surface area contributed by atoms with Crippen LogP contribution in [0.15, 0.2) is 0 Å². The van der Waals surface area contributed by atoms with E-state index in [1.165, 1.54) is 25.7 Å². The average molecular weight is 238 g/mol. The average Bonchev–Trinajstić information content (AvgIpc) is 2.77. The fraction of sp³-hybridized carbons (Fsp3) is 0.929. The van der Waals surface area contributed by atoms with Gasteiger partial charge in [0.1, 0.15) is 0 Å². The Hall–Kier alpha value is -0.570. The molecular weight excluding hydrogens is 212 g/mol. The summed E-state index contributed by atoms with van der Waals surface area (Å²) in [5.74, 6) is 0.367. The molecule has 1 N–H and O–H groups in total. The van der Waals surface area contributed by atoms with E-state index < -0.39 is 0 Å². The minimum atomic E-state index is 0.319. The van der Waals surface area contributed by atoms with Gasteiger partial charge in [-0.1, -0.05) is 13.8 Å². The number of likely N-dealkylation sites (tertiary alicyclic amines) is 1. The standard InChI is InChI=1S/C14H26N2O/c1-14(2)8-4-10-16(11-14)13(17)7-6-12-5-3-9-15-12/h12,15H,3-11H2,1-2H3. The third-order valence-electron chi connectivity index (χ3n) is 4.12. The summed E-state index contributed by atoms with van der Waals surface area (Å²) >= 11 is 0. The van der Waals surface area contributed by atoms with Crippen molar-refractivity contribution in [3.8, 4) is 0 Å². The predicted octanol–water partition coefficient (Wildman–Crippen LogP) is 2.17. The Morgan fingerprint density at radius 3 is 2.88 bits per heavy atom. The summed E-state index contributed by atoms with van der Waals surface area (Å²) in [7, 11) is 0. The highest BCUT2D eigenvalue weighted by molar-refractivity contribution is 5.76. The number of amides is 1. The maximum atomic E-state index is 12.1. The number of nitrogens with zero attached hydrogens (tertiary/aromatic N) is 1. The van der Waals surface area contributed by atoms with Crippen molar-refractivity contribution in [3.05, 3.63) is 0 Å². The predicted molar refractivity (Wildman–Crippen MR) is 69.9 cm³/mol. The summed E-state index contributed by atoms with van der Waals surface area (Å²) in [4.78, 5) is 14.2. The lowest BCUT2D eigenvalue weighted by molar-refractivity contribution is -0.134. The molecule has 2 aliphatic rings. The molecule has 3 heteroatoms. The van der Waals surface area contributed by atoms with Gasteiger partial charge in [-0.3, -0.25) is 4.79 Å². The Morgan fingerprint density at radius 1 is 1.41 bits per heavy atom. The number of carbonyl (C=O) groups excluding carboxylic acids is 1. The highest BCUT2D eigenvalue weighted by Gasteiger charge is 2.29. The van der Waals surface area contributed by atoms with Gasteiger partial charge in [-0.2, -0.15) is 0 Å². The third kappa shape index (κ3) is 3.70. The van der Waals surface area contributed by atoms with E-state index in [4.69, 9.17) is 0 Å². The van der Waals surface area contributed by atoms with E-state index in [9.17, 15) is 4.79 Å². The van der Waals surface area contributed by atoms with Gasteiger partial charge in [-0.15, -0.1) is 0 Å². The second-order valence-corrected chi connectivity index (χ2v) is 6.42. The maximum absolute atomic E-state index is 12.1. The molecule has 98 valence electrons. The van der Waals surface area contributed by atoms with Crippen LogP contribution in [0.5, 0.6) is 0 Å². The van der Waals surface area contributed by atoms with Gasteiger partial charge in [-0.05, 0) is 44.1 Å². The Balaban J connectivity index is 1.75. The largest absolute Gasteiger partial charge is 0.342 e. The van der Waals surface area contributed by atoms with Gasteiger partial charge in [-0.25, -0.2) is 0 Å². The molecule has 0 bridgehead atoms. The maximum Gasteiger partial charge on any atom is 0.222 e. The van der Waals surface area contributed by atoms with Gasteiger partial charge < -0.3 is 10.2 Å². The minimum Gasteiger partial charge on any atom is -0.342 e. The fourth-order valence-electron chi connectivity index (χ4n) is 3.10. The molecule has 0 aromatic rings. The lowest BCUT2D eigenvalue weighted by Gasteiger charge is -2.38. The monoisotopic (exact) mass is 238 g/mol. The minimum absolute atomic E-state index is 0.319. The Labute approximate surface area is 105 Å². The van der Waals surface area contributed by atoms with Crippen LogP contribution in [0.4, 0.5) is 0 Å². The smallest absolute Gasteiger partial charge is 0.222 e. The van der Waals surface area contributed by atoms with Crippen molar-refractivity contribution in [2.45, 2.75) is 58.4 Å². The first-order chi connectivity index (χ1) is 8.07. The zero-order valence-electron chi connectivity index (χ0n) is 11.3. The number of nitrogens with one attached hydrogen (secondary N) is 1. The van der Waals surface area contributed by atoms with E-state index in [0.29, 0.717) is 17.4 Å². The third-order valence-corrected chi connectivity index (χ3v) is 4.12. The number of piperidine rings is 1. The molecular formula is C14H26N2O. The van der Waals surface area contributed by atoms with Crippen molar-refractivity contribution in [2.24, 2.45) is 5.41 Å². The Kier molecular flexibility index (Phi) is 4.08. The molecule has 0 radical (unpaired) electrons. The van der Waals surface area contributed by atoms with Crippen LogP contribution < -0.4 is 5.32 Å². The van der Waals surface area contributed by atoms with Crippen molar-refractivity contribution >= 4 is 5.91 Å². The van der Waals surface area contributed by atoms with Gasteiger partial charge in [0.05, 0.1) is 0 Å². The van der Waals surface area contributed by atoms with Gasteiger partial charge in [0, 0.05) is 25.6 Å². The summed E-state index contributed by atoms with van der Waals surface area (Å²) in [5, 5.41) is 3.46. The summed E-state index contributed by atoms with van der Waals surface area (Å²) in [6.07, 6.45) is 6.69. The van der Waals surface area contributed by atoms with E-state index in [1.807, 2.05) is 0 Å². The SMILES string of the molecule is CC1(C)CCCN(C(=O)CCC2CCCN2)C1. The molecule has 3 nitrogen and oxygen atoms in total. The van der Waals surface area contributed by atoms with E-state index in [-0.39, 0.29) is 0 Å². The lowest BCUT2D eigenvalue weighted by atomic mass is 9.84. The number of rotatable bonds is 3. The molecule has 2 heterocycles. The van der Waals surface area contributed by atoms with Crippen LogP contribution in [0, 0.1) is 5.41 Å². The van der Waals surface area contributed by atoms with E-state index in [1.54, 1.807) is 0 Å². The van der Waals surface area contributed by atoms with Crippen LogP contribution in [0.25, 0.3) is 0 Å². The molecule has 1 amide bonds. The zero-order valence-corrected chi connectivity index (χ0v) is 11.3. The van der Waals surface area contributed by atoms with Gasteiger partial charge in [0.2, 0.25) is 5.91 Å². The van der Waals surface area contributed by atoms with Gasteiger partial charge in [0.25, 0.3) is 0 Å². The number of hydrogen-bond acceptors (Lipinski definition) is 2. The van der Waals surface area contributed by atoms with Crippen molar-refractivity contribution in [3.63, 3.8) is 0 Å². The van der Waals surface area contributed by atoms with Crippen molar-refractivity contribution in [1.82, 2.24) is 10.2 Å². The van der Waals surface area contributed by atoms with Crippen molar-refractivity contribution in [2.75, 3.05) is 19.6 Å². The van der Waals surface area contributed by atoms with Crippen molar-refractivity contribution < 1.29 is 4.79 Å². The number of hydrogen-bond donors (Lipinski definition) is 1. The molecule has 1 atom stereocenters. The Morgan fingerprint density at radius 2 is 2.24 bits per heavy atom. The van der Waals surface area contributed by atoms with Crippen LogP contribution in [0.1, 0.15) is 52.4 Å². The normalized spacial score (nSPS) is 28.4. The van der Waals surface area contributed by atoms with E-state index in [0.717, 1.165) is 32.5 Å². The van der Waals surface area contributed by atoms with E-state index in [2.05, 4.69) is 24.1 Å². The topological polar surface area (TPSA) is 32.3 Å². The van der Waals surface area contributed by atoms with Crippen LogP contribution >= 0.6 is 0 Å². The van der Waals surface area contributed by atoms with Gasteiger partial charge >= 0.3 is 0 Å². The second kappa shape index (κ2) is 5.38. The molecule has 17 heavy (non-hydrogen) atoms. The second-order valence-electron chi connectivity index (χ2n) is 6.42. The van der Waals surface area contributed by atoms with Crippen LogP contribution in [0.3, 0.4) is 0 Å². The molecule has 0 spiro atoms. The summed E-state index contributed by atoms with van der Waals surface area (Å²) in [5.41, 5.74) is 0.319. The highest BCUT2D eigenvalue weighted by Crippen LogP contribution is 2.28. The first-order valence-electron chi connectivity index (χ1n) is 7.08. The van der Waals surface area contributed by atoms with Crippen LogP contribution in [0.2, 0.25) is 0 Å². The fourth-order valence-corrected chi connectivity index (χ4v) is 3.10. The highest BCUT2D eigenvalue weighted by atomic mass is 16.2. The molecule has 2 aliphatic heterocycles. The zero-order chi connectivity index (χ0) is 12.3. The van der Waals surface area contributed by atoms with Crippen LogP contribution in [-0.4, -0.2) is 36.5 Å². The number of carbonyl (C=O) groups is 1. The van der Waals surface area contributed by atoms with Gasteiger partial charge in [0.15, 0.2) is 0 Å². The molecule has 1 unspecified atom stereocenters.